The molecule has 6 heteroatoms. The third kappa shape index (κ3) is 5.22. The normalized spacial score (nSPS) is 12.0. The van der Waals surface area contributed by atoms with Crippen molar-refractivity contribution in [3.63, 3.8) is 0 Å². The molecule has 0 saturated carbocycles. The van der Waals surface area contributed by atoms with E-state index in [1.54, 1.807) is 36.1 Å². The first-order valence-electron chi connectivity index (χ1n) is 7.98. The maximum atomic E-state index is 12.2. The van der Waals surface area contributed by atoms with Crippen LogP contribution in [-0.2, 0) is 4.79 Å². The molecule has 1 rings (SSSR count). The van der Waals surface area contributed by atoms with Crippen molar-refractivity contribution in [3.8, 4) is 0 Å². The first-order chi connectivity index (χ1) is 11.4. The molecule has 0 radical (unpaired) electrons. The standard InChI is InChI=1S/C18H24N2O4/c1-4-7-8-15(18(23)24)19-16(21)13-9-11-14(12-10-13)17(22)20(5-2)6-3/h4,7,9-12,15H,5-6,8H2,1-3H3,(H,19,21)(H,23,24)/b7-4+. The van der Waals surface area contributed by atoms with Gasteiger partial charge >= 0.3 is 5.97 Å². The van der Waals surface area contributed by atoms with Gasteiger partial charge in [-0.15, -0.1) is 0 Å². The lowest BCUT2D eigenvalue weighted by Crippen LogP contribution is -2.40. The Hall–Kier alpha value is -2.63. The van der Waals surface area contributed by atoms with Crippen molar-refractivity contribution in [2.75, 3.05) is 13.1 Å². The Morgan fingerprint density at radius 2 is 1.67 bits per heavy atom. The van der Waals surface area contributed by atoms with Gasteiger partial charge in [0.05, 0.1) is 0 Å². The number of benzene rings is 1. The molecule has 1 atom stereocenters. The Balaban J connectivity index is 2.82. The van der Waals surface area contributed by atoms with Crippen LogP contribution in [0.5, 0.6) is 0 Å². The number of carbonyl (C=O) groups excluding carboxylic acids is 2. The van der Waals surface area contributed by atoms with Gasteiger partial charge in [0.25, 0.3) is 11.8 Å². The average Bonchev–Trinajstić information content (AvgIpc) is 2.59. The van der Waals surface area contributed by atoms with Gasteiger partial charge in [-0.2, -0.15) is 0 Å². The van der Waals surface area contributed by atoms with Crippen LogP contribution in [0.3, 0.4) is 0 Å². The molecule has 6 nitrogen and oxygen atoms in total. The number of hydrogen-bond acceptors (Lipinski definition) is 3. The molecule has 1 aromatic rings. The van der Waals surface area contributed by atoms with Crippen molar-refractivity contribution in [2.45, 2.75) is 33.2 Å². The second-order valence-corrected chi connectivity index (χ2v) is 5.22. The minimum Gasteiger partial charge on any atom is -0.480 e. The molecule has 0 aliphatic carbocycles. The van der Waals surface area contributed by atoms with E-state index in [2.05, 4.69) is 5.32 Å². The fourth-order valence-electron chi connectivity index (χ4n) is 2.19. The summed E-state index contributed by atoms with van der Waals surface area (Å²) in [6, 6.07) is 5.24. The molecule has 0 aliphatic rings. The van der Waals surface area contributed by atoms with E-state index >= 15 is 0 Å². The highest BCUT2D eigenvalue weighted by atomic mass is 16.4. The van der Waals surface area contributed by atoms with Crippen LogP contribution in [0.1, 0.15) is 47.9 Å². The van der Waals surface area contributed by atoms with Gasteiger partial charge in [0.2, 0.25) is 0 Å². The summed E-state index contributed by atoms with van der Waals surface area (Å²) in [5.41, 5.74) is 0.816. The predicted octanol–water partition coefficient (Wildman–Crippen LogP) is 2.32. The van der Waals surface area contributed by atoms with E-state index in [1.807, 2.05) is 13.8 Å². The molecule has 0 aromatic heterocycles. The fourth-order valence-corrected chi connectivity index (χ4v) is 2.19. The van der Waals surface area contributed by atoms with Crippen LogP contribution in [0.15, 0.2) is 36.4 Å². The van der Waals surface area contributed by atoms with Crippen molar-refractivity contribution < 1.29 is 19.5 Å². The van der Waals surface area contributed by atoms with Gasteiger partial charge in [-0.05, 0) is 51.5 Å². The summed E-state index contributed by atoms with van der Waals surface area (Å²) in [4.78, 5) is 37.2. The third-order valence-electron chi connectivity index (χ3n) is 3.66. The summed E-state index contributed by atoms with van der Waals surface area (Å²) in [6.07, 6.45) is 3.64. The van der Waals surface area contributed by atoms with Crippen molar-refractivity contribution >= 4 is 17.8 Å². The van der Waals surface area contributed by atoms with Crippen LogP contribution in [0.25, 0.3) is 0 Å². The summed E-state index contributed by atoms with van der Waals surface area (Å²) in [6.45, 7) is 6.82. The number of rotatable bonds is 8. The molecule has 1 aromatic carbocycles. The molecule has 0 saturated heterocycles. The lowest BCUT2D eigenvalue weighted by Gasteiger charge is -2.18. The highest BCUT2D eigenvalue weighted by Gasteiger charge is 2.19. The zero-order valence-electron chi connectivity index (χ0n) is 14.3. The van der Waals surface area contributed by atoms with Gasteiger partial charge in [-0.25, -0.2) is 4.79 Å². The smallest absolute Gasteiger partial charge is 0.326 e. The van der Waals surface area contributed by atoms with Crippen LogP contribution >= 0.6 is 0 Å². The molecule has 24 heavy (non-hydrogen) atoms. The summed E-state index contributed by atoms with van der Waals surface area (Å²) in [7, 11) is 0. The molecule has 0 spiro atoms. The number of nitrogens with zero attached hydrogens (tertiary/aromatic N) is 1. The first kappa shape index (κ1) is 19.4. The van der Waals surface area contributed by atoms with E-state index in [4.69, 9.17) is 5.11 Å². The topological polar surface area (TPSA) is 86.7 Å². The molecule has 1 unspecified atom stereocenters. The van der Waals surface area contributed by atoms with Crippen molar-refractivity contribution in [1.82, 2.24) is 10.2 Å². The second-order valence-electron chi connectivity index (χ2n) is 5.22. The van der Waals surface area contributed by atoms with E-state index in [0.717, 1.165) is 0 Å². The molecule has 2 amide bonds. The first-order valence-corrected chi connectivity index (χ1v) is 7.98. The predicted molar refractivity (Wildman–Crippen MR) is 92.0 cm³/mol. The van der Waals surface area contributed by atoms with Gasteiger partial charge in [0, 0.05) is 24.2 Å². The molecule has 0 fully saturated rings. The molecular formula is C18H24N2O4. The van der Waals surface area contributed by atoms with E-state index in [9.17, 15) is 14.4 Å². The lowest BCUT2D eigenvalue weighted by molar-refractivity contribution is -0.139. The van der Waals surface area contributed by atoms with Crippen LogP contribution in [0.2, 0.25) is 0 Å². The van der Waals surface area contributed by atoms with Crippen LogP contribution in [-0.4, -0.2) is 46.9 Å². The Morgan fingerprint density at radius 1 is 1.12 bits per heavy atom. The summed E-state index contributed by atoms with van der Waals surface area (Å²) < 4.78 is 0. The van der Waals surface area contributed by atoms with Crippen LogP contribution in [0, 0.1) is 0 Å². The molecule has 0 bridgehead atoms. The molecule has 0 aliphatic heterocycles. The van der Waals surface area contributed by atoms with E-state index in [-0.39, 0.29) is 12.3 Å². The Labute approximate surface area is 142 Å². The minimum atomic E-state index is -1.09. The molecule has 2 N–H and O–H groups in total. The summed E-state index contributed by atoms with van der Waals surface area (Å²) >= 11 is 0. The lowest BCUT2D eigenvalue weighted by atomic mass is 10.1. The van der Waals surface area contributed by atoms with Crippen molar-refractivity contribution in [3.05, 3.63) is 47.5 Å². The number of carboxylic acids is 1. The van der Waals surface area contributed by atoms with Gasteiger partial charge in [0.15, 0.2) is 0 Å². The average molecular weight is 332 g/mol. The van der Waals surface area contributed by atoms with Gasteiger partial charge in [-0.3, -0.25) is 9.59 Å². The number of nitrogens with one attached hydrogen (secondary N) is 1. The molecule has 130 valence electrons. The number of allylic oxidation sites excluding steroid dienone is 1. The van der Waals surface area contributed by atoms with Crippen LogP contribution in [0.4, 0.5) is 0 Å². The summed E-state index contributed by atoms with van der Waals surface area (Å²) in [5.74, 6) is -1.66. The van der Waals surface area contributed by atoms with E-state index in [0.29, 0.717) is 24.2 Å². The minimum absolute atomic E-state index is 0.0940. The zero-order chi connectivity index (χ0) is 18.1. The summed E-state index contributed by atoms with van der Waals surface area (Å²) in [5, 5.41) is 11.6. The molecular weight excluding hydrogens is 308 g/mol. The van der Waals surface area contributed by atoms with Gasteiger partial charge in [0.1, 0.15) is 6.04 Å². The van der Waals surface area contributed by atoms with E-state index < -0.39 is 17.9 Å². The SMILES string of the molecule is C/C=C/CC(NC(=O)c1ccc(C(=O)N(CC)CC)cc1)C(=O)O. The molecule has 0 heterocycles. The number of carboxylic acid groups (broad SMARTS) is 1. The quantitative estimate of drug-likeness (QED) is 0.715. The van der Waals surface area contributed by atoms with Gasteiger partial charge in [-0.1, -0.05) is 12.2 Å². The van der Waals surface area contributed by atoms with Crippen molar-refractivity contribution in [1.29, 1.82) is 0 Å². The monoisotopic (exact) mass is 332 g/mol. The number of amides is 2. The van der Waals surface area contributed by atoms with Crippen LogP contribution < -0.4 is 5.32 Å². The largest absolute Gasteiger partial charge is 0.480 e. The number of hydrogen-bond donors (Lipinski definition) is 2. The maximum absolute atomic E-state index is 12.2. The Kier molecular flexibility index (Phi) is 7.68. The van der Waals surface area contributed by atoms with E-state index in [1.165, 1.54) is 12.1 Å². The Morgan fingerprint density at radius 3 is 2.12 bits per heavy atom. The number of carbonyl (C=O) groups is 3. The van der Waals surface area contributed by atoms with Gasteiger partial charge < -0.3 is 15.3 Å². The highest BCUT2D eigenvalue weighted by molar-refractivity contribution is 5.99. The Bertz CT molecular complexity index is 604. The van der Waals surface area contributed by atoms with Crippen molar-refractivity contribution in [2.24, 2.45) is 0 Å². The second kappa shape index (κ2) is 9.50. The third-order valence-corrected chi connectivity index (χ3v) is 3.66. The highest BCUT2D eigenvalue weighted by Crippen LogP contribution is 2.09. The zero-order valence-corrected chi connectivity index (χ0v) is 14.3. The fraction of sp³-hybridized carbons (Fsp3) is 0.389. The number of aliphatic carboxylic acids is 1. The maximum Gasteiger partial charge on any atom is 0.326 e.